The van der Waals surface area contributed by atoms with Gasteiger partial charge in [0.2, 0.25) is 5.91 Å². The lowest BCUT2D eigenvalue weighted by Crippen LogP contribution is -2.50. The van der Waals surface area contributed by atoms with Crippen LogP contribution in [-0.2, 0) is 20.9 Å². The molecule has 1 aromatic carbocycles. The van der Waals surface area contributed by atoms with Crippen molar-refractivity contribution in [2.75, 3.05) is 29.9 Å². The number of carbonyl (C=O) groups is 2. The maximum absolute atomic E-state index is 12.2. The fourth-order valence-electron chi connectivity index (χ4n) is 4.22. The molecule has 204 valence electrons. The monoisotopic (exact) mass is 532 g/mol. The number of ether oxygens (including phenoxy) is 1. The fourth-order valence-corrected chi connectivity index (χ4v) is 4.22. The van der Waals surface area contributed by atoms with Crippen LogP contribution in [0.2, 0.25) is 0 Å². The number of nitrogens with two attached hydrogens (primary N) is 2. The summed E-state index contributed by atoms with van der Waals surface area (Å²) >= 11 is 0. The van der Waals surface area contributed by atoms with E-state index in [0.717, 1.165) is 18.4 Å². The Morgan fingerprint density at radius 2 is 1.85 bits per heavy atom. The van der Waals surface area contributed by atoms with Gasteiger partial charge in [0, 0.05) is 24.3 Å². The van der Waals surface area contributed by atoms with E-state index in [1.807, 2.05) is 24.3 Å². The molecule has 1 saturated carbocycles. The molecule has 0 spiro atoms. The predicted octanol–water partition coefficient (Wildman–Crippen LogP) is 1.02. The highest BCUT2D eigenvalue weighted by Crippen LogP contribution is 2.26. The van der Waals surface area contributed by atoms with Crippen LogP contribution in [0.5, 0.6) is 0 Å². The summed E-state index contributed by atoms with van der Waals surface area (Å²) in [6, 6.07) is 9.29. The molecule has 1 aliphatic carbocycles. The summed E-state index contributed by atoms with van der Waals surface area (Å²) in [7, 11) is 0. The fraction of sp³-hybridized carbons (Fsp3) is 0.346. The third-order valence-electron chi connectivity index (χ3n) is 6.33. The molecule has 13 heteroatoms. The average molecular weight is 533 g/mol. The van der Waals surface area contributed by atoms with Crippen LogP contribution >= 0.6 is 0 Å². The second-order valence-corrected chi connectivity index (χ2v) is 9.14. The van der Waals surface area contributed by atoms with E-state index in [9.17, 15) is 9.59 Å². The van der Waals surface area contributed by atoms with Crippen LogP contribution in [-0.4, -0.2) is 62.8 Å². The Bertz CT molecular complexity index is 1270. The van der Waals surface area contributed by atoms with E-state index in [-0.39, 0.29) is 36.5 Å². The highest BCUT2D eigenvalue weighted by atomic mass is 16.5. The van der Waals surface area contributed by atoms with Gasteiger partial charge < -0.3 is 32.2 Å². The molecule has 0 bridgehead atoms. The first-order valence-corrected chi connectivity index (χ1v) is 12.6. The molecule has 3 heterocycles. The van der Waals surface area contributed by atoms with Gasteiger partial charge in [-0.2, -0.15) is 0 Å². The van der Waals surface area contributed by atoms with E-state index in [0.29, 0.717) is 35.3 Å². The number of carbonyl (C=O) groups excluding carboxylic acids is 2. The molecule has 3 aromatic rings. The molecule has 2 fully saturated rings. The minimum Gasteiger partial charge on any atom is -0.384 e. The lowest BCUT2D eigenvalue weighted by atomic mass is 10.0. The van der Waals surface area contributed by atoms with E-state index in [2.05, 4.69) is 35.9 Å². The quantitative estimate of drug-likeness (QED) is 0.238. The van der Waals surface area contributed by atoms with Crippen LogP contribution in [0, 0.1) is 5.41 Å². The largest absolute Gasteiger partial charge is 0.384 e. The number of morpholine rings is 1. The molecule has 13 nitrogen and oxygen atoms in total. The standard InChI is InChI=1S/C22H27N7O3.C4H5N3/c23-19(18-20(24)27-12-28-21(18)29-15-3-1-2-4-15)14-7-5-13(6-8-14)9-26-22(31)16-10-25-17(30)11-32-16;5-4-1-2-6-3-7-4/h5-8,12,15-16,23H,1-4,9-11H2,(H,25,30)(H,26,31)(H3,24,27,28,29);1-3H,(H2,5,6,7). The van der Waals surface area contributed by atoms with Gasteiger partial charge in [-0.15, -0.1) is 0 Å². The lowest BCUT2D eigenvalue weighted by molar-refractivity contribution is -0.143. The van der Waals surface area contributed by atoms with E-state index in [1.165, 1.54) is 25.5 Å². The first kappa shape index (κ1) is 27.4. The summed E-state index contributed by atoms with van der Waals surface area (Å²) in [4.78, 5) is 39.0. The van der Waals surface area contributed by atoms with Crippen molar-refractivity contribution in [3.05, 3.63) is 65.9 Å². The Morgan fingerprint density at radius 3 is 2.46 bits per heavy atom. The van der Waals surface area contributed by atoms with Crippen molar-refractivity contribution < 1.29 is 14.3 Å². The summed E-state index contributed by atoms with van der Waals surface area (Å²) in [5.74, 6) is 0.860. The third kappa shape index (κ3) is 7.68. The summed E-state index contributed by atoms with van der Waals surface area (Å²) in [5.41, 5.74) is 13.6. The van der Waals surface area contributed by atoms with Crippen molar-refractivity contribution >= 4 is 35.0 Å². The lowest BCUT2D eigenvalue weighted by Gasteiger charge is -2.22. The Kier molecular flexibility index (Phi) is 9.29. The van der Waals surface area contributed by atoms with Gasteiger partial charge in [-0.1, -0.05) is 37.1 Å². The van der Waals surface area contributed by atoms with Gasteiger partial charge in [-0.05, 0) is 24.5 Å². The zero-order valence-electron chi connectivity index (χ0n) is 21.4. The molecule has 2 aliphatic rings. The van der Waals surface area contributed by atoms with E-state index < -0.39 is 6.10 Å². The second-order valence-electron chi connectivity index (χ2n) is 9.14. The van der Waals surface area contributed by atoms with Gasteiger partial charge in [-0.25, -0.2) is 19.9 Å². The predicted molar refractivity (Wildman–Crippen MR) is 146 cm³/mol. The Morgan fingerprint density at radius 1 is 1.08 bits per heavy atom. The normalized spacial score (nSPS) is 16.9. The molecule has 2 aromatic heterocycles. The molecular weight excluding hydrogens is 500 g/mol. The first-order valence-electron chi connectivity index (χ1n) is 12.6. The van der Waals surface area contributed by atoms with Crippen LogP contribution in [0.25, 0.3) is 0 Å². The SMILES string of the molecule is N=C(c1ccc(CNC(=O)C2CNC(=O)CO2)cc1)c1c(N)ncnc1NC1CCCC1.Nc1ccncn1. The Balaban J connectivity index is 0.000000438. The van der Waals surface area contributed by atoms with Crippen molar-refractivity contribution in [2.45, 2.75) is 44.4 Å². The number of rotatable bonds is 7. The molecular formula is C26H32N10O3. The molecule has 2 amide bonds. The molecule has 1 saturated heterocycles. The maximum atomic E-state index is 12.2. The van der Waals surface area contributed by atoms with Gasteiger partial charge >= 0.3 is 0 Å². The van der Waals surface area contributed by atoms with Gasteiger partial charge in [0.05, 0.1) is 17.8 Å². The van der Waals surface area contributed by atoms with E-state index in [1.54, 1.807) is 12.3 Å². The van der Waals surface area contributed by atoms with Gasteiger partial charge in [0.25, 0.3) is 5.91 Å². The number of hydrogen-bond donors (Lipinski definition) is 6. The number of benzene rings is 1. The number of nitrogen functional groups attached to an aromatic ring is 2. The smallest absolute Gasteiger partial charge is 0.251 e. The van der Waals surface area contributed by atoms with Gasteiger partial charge in [0.1, 0.15) is 36.7 Å². The molecule has 8 N–H and O–H groups in total. The molecule has 0 radical (unpaired) electrons. The zero-order chi connectivity index (χ0) is 27.6. The average Bonchev–Trinajstić information content (AvgIpc) is 3.46. The van der Waals surface area contributed by atoms with Crippen LogP contribution in [0.15, 0.2) is 49.2 Å². The first-order chi connectivity index (χ1) is 18.9. The Hall–Kier alpha value is -4.65. The van der Waals surface area contributed by atoms with Crippen molar-refractivity contribution in [3.8, 4) is 0 Å². The minimum absolute atomic E-state index is 0.112. The van der Waals surface area contributed by atoms with Crippen LogP contribution in [0.3, 0.4) is 0 Å². The maximum Gasteiger partial charge on any atom is 0.251 e. The molecule has 1 unspecified atom stereocenters. The Labute approximate surface area is 225 Å². The van der Waals surface area contributed by atoms with Crippen LogP contribution in [0.4, 0.5) is 17.5 Å². The van der Waals surface area contributed by atoms with Crippen molar-refractivity contribution in [2.24, 2.45) is 0 Å². The number of hydrogen-bond acceptors (Lipinski definition) is 11. The topological polar surface area (TPSA) is 207 Å². The highest BCUT2D eigenvalue weighted by molar-refractivity contribution is 6.16. The summed E-state index contributed by atoms with van der Waals surface area (Å²) < 4.78 is 5.23. The summed E-state index contributed by atoms with van der Waals surface area (Å²) in [5, 5.41) is 17.5. The number of aromatic nitrogens is 4. The second kappa shape index (κ2) is 13.2. The number of nitrogens with one attached hydrogen (secondary N) is 4. The molecule has 5 rings (SSSR count). The van der Waals surface area contributed by atoms with Crippen LogP contribution < -0.4 is 27.4 Å². The van der Waals surface area contributed by atoms with Gasteiger partial charge in [0.15, 0.2) is 6.10 Å². The molecule has 1 atom stereocenters. The summed E-state index contributed by atoms with van der Waals surface area (Å²) in [6.07, 6.45) is 8.26. The molecule has 1 aliphatic heterocycles. The van der Waals surface area contributed by atoms with Crippen LogP contribution in [0.1, 0.15) is 42.4 Å². The third-order valence-corrected chi connectivity index (χ3v) is 6.33. The van der Waals surface area contributed by atoms with Crippen molar-refractivity contribution in [1.82, 2.24) is 30.6 Å². The minimum atomic E-state index is -0.688. The summed E-state index contributed by atoms with van der Waals surface area (Å²) in [6.45, 7) is 0.364. The molecule has 39 heavy (non-hydrogen) atoms. The van der Waals surface area contributed by atoms with E-state index >= 15 is 0 Å². The van der Waals surface area contributed by atoms with Gasteiger partial charge in [-0.3, -0.25) is 15.0 Å². The zero-order valence-corrected chi connectivity index (χ0v) is 21.4. The van der Waals surface area contributed by atoms with Crippen molar-refractivity contribution in [1.29, 1.82) is 5.41 Å². The number of amides is 2. The number of anilines is 3. The van der Waals surface area contributed by atoms with Crippen molar-refractivity contribution in [3.63, 3.8) is 0 Å². The van der Waals surface area contributed by atoms with E-state index in [4.69, 9.17) is 21.6 Å². The number of nitrogens with zero attached hydrogens (tertiary/aromatic N) is 4. The highest BCUT2D eigenvalue weighted by Gasteiger charge is 2.25.